The van der Waals surface area contributed by atoms with Gasteiger partial charge in [-0.2, -0.15) is 5.10 Å². The molecule has 1 atom stereocenters. The van der Waals surface area contributed by atoms with Crippen molar-refractivity contribution in [1.82, 2.24) is 15.1 Å². The molecular formula is C12H17Cl2N3. The van der Waals surface area contributed by atoms with Crippen LogP contribution in [0.1, 0.15) is 32.4 Å². The van der Waals surface area contributed by atoms with Crippen molar-refractivity contribution < 1.29 is 0 Å². The molecule has 0 radical (unpaired) electrons. The van der Waals surface area contributed by atoms with Crippen molar-refractivity contribution in [3.05, 3.63) is 21.9 Å². The molecule has 94 valence electrons. The molecule has 1 fully saturated rings. The molecule has 2 rings (SSSR count). The van der Waals surface area contributed by atoms with Crippen LogP contribution in [-0.4, -0.2) is 33.7 Å². The quantitative estimate of drug-likeness (QED) is 0.847. The Bertz CT molecular complexity index is 395. The molecule has 1 aromatic rings. The van der Waals surface area contributed by atoms with Gasteiger partial charge < -0.3 is 0 Å². The molecule has 0 amide bonds. The van der Waals surface area contributed by atoms with Crippen LogP contribution in [0.3, 0.4) is 0 Å². The summed E-state index contributed by atoms with van der Waals surface area (Å²) in [6, 6.07) is 2.97. The Morgan fingerprint density at radius 1 is 1.41 bits per heavy atom. The zero-order valence-electron chi connectivity index (χ0n) is 10.2. The second-order valence-electron chi connectivity index (χ2n) is 4.81. The van der Waals surface area contributed by atoms with Crippen molar-refractivity contribution in [2.45, 2.75) is 45.2 Å². The van der Waals surface area contributed by atoms with Crippen LogP contribution in [0, 0.1) is 0 Å². The zero-order chi connectivity index (χ0) is 12.4. The van der Waals surface area contributed by atoms with Crippen molar-refractivity contribution in [2.24, 2.45) is 0 Å². The van der Waals surface area contributed by atoms with Crippen molar-refractivity contribution in [3.8, 4) is 0 Å². The highest BCUT2D eigenvalue weighted by atomic mass is 35.5. The van der Waals surface area contributed by atoms with Gasteiger partial charge in [0.25, 0.3) is 0 Å². The van der Waals surface area contributed by atoms with E-state index in [1.807, 2.05) is 6.07 Å². The lowest BCUT2D eigenvalue weighted by Gasteiger charge is -2.27. The molecule has 17 heavy (non-hydrogen) atoms. The Morgan fingerprint density at radius 2 is 2.18 bits per heavy atom. The number of nitrogens with zero attached hydrogens (tertiary/aromatic N) is 3. The van der Waals surface area contributed by atoms with Crippen molar-refractivity contribution in [1.29, 1.82) is 0 Å². The van der Waals surface area contributed by atoms with Gasteiger partial charge in [0.05, 0.1) is 10.7 Å². The fourth-order valence-electron chi connectivity index (χ4n) is 2.49. The van der Waals surface area contributed by atoms with E-state index in [0.717, 1.165) is 12.1 Å². The molecule has 0 aliphatic carbocycles. The van der Waals surface area contributed by atoms with Crippen molar-refractivity contribution in [2.75, 3.05) is 6.54 Å². The molecule has 1 saturated heterocycles. The lowest BCUT2D eigenvalue weighted by atomic mass is 10.1. The number of aromatic nitrogens is 2. The standard InChI is InChI=1S/C12H17Cl2N3/c1-8(2)17-5-3-4-10(17)6-9-7-11(13)12(14)16-15-9/h7-8,10H,3-6H2,1-2H3. The molecule has 2 heterocycles. The number of hydrogen-bond acceptors (Lipinski definition) is 3. The predicted molar refractivity (Wildman–Crippen MR) is 70.6 cm³/mol. The van der Waals surface area contributed by atoms with E-state index >= 15 is 0 Å². The second-order valence-corrected chi connectivity index (χ2v) is 5.57. The molecule has 0 spiro atoms. The molecular weight excluding hydrogens is 257 g/mol. The van der Waals surface area contributed by atoms with Crippen LogP contribution in [-0.2, 0) is 6.42 Å². The molecule has 5 heteroatoms. The van der Waals surface area contributed by atoms with Crippen molar-refractivity contribution >= 4 is 23.2 Å². The number of rotatable bonds is 3. The van der Waals surface area contributed by atoms with E-state index in [1.54, 1.807) is 0 Å². The average molecular weight is 274 g/mol. The lowest BCUT2D eigenvalue weighted by molar-refractivity contribution is 0.201. The van der Waals surface area contributed by atoms with E-state index < -0.39 is 0 Å². The zero-order valence-corrected chi connectivity index (χ0v) is 11.7. The van der Waals surface area contributed by atoms with Gasteiger partial charge in [-0.05, 0) is 39.3 Å². The smallest absolute Gasteiger partial charge is 0.170 e. The van der Waals surface area contributed by atoms with Gasteiger partial charge in [0, 0.05) is 18.5 Å². The number of hydrogen-bond donors (Lipinski definition) is 0. The maximum atomic E-state index is 5.95. The predicted octanol–water partition coefficient (Wildman–Crippen LogP) is 3.20. The number of halogens is 2. The van der Waals surface area contributed by atoms with Crippen LogP contribution in [0.25, 0.3) is 0 Å². The monoisotopic (exact) mass is 273 g/mol. The van der Waals surface area contributed by atoms with Crippen LogP contribution in [0.5, 0.6) is 0 Å². The number of likely N-dealkylation sites (tertiary alicyclic amines) is 1. The largest absolute Gasteiger partial charge is 0.298 e. The summed E-state index contributed by atoms with van der Waals surface area (Å²) >= 11 is 11.7. The molecule has 1 aromatic heterocycles. The first-order chi connectivity index (χ1) is 8.08. The van der Waals surface area contributed by atoms with E-state index in [4.69, 9.17) is 23.2 Å². The van der Waals surface area contributed by atoms with Gasteiger partial charge in [0.1, 0.15) is 0 Å². The molecule has 0 saturated carbocycles. The summed E-state index contributed by atoms with van der Waals surface area (Å²) in [4.78, 5) is 2.52. The minimum absolute atomic E-state index is 0.280. The first-order valence-corrected chi connectivity index (χ1v) is 6.77. The van der Waals surface area contributed by atoms with Gasteiger partial charge in [0.15, 0.2) is 5.15 Å². The van der Waals surface area contributed by atoms with E-state index in [9.17, 15) is 0 Å². The van der Waals surface area contributed by atoms with Gasteiger partial charge in [-0.3, -0.25) is 4.90 Å². The Hall–Kier alpha value is -0.380. The van der Waals surface area contributed by atoms with E-state index in [1.165, 1.54) is 19.4 Å². The van der Waals surface area contributed by atoms with E-state index in [0.29, 0.717) is 17.1 Å². The SMILES string of the molecule is CC(C)N1CCCC1Cc1cc(Cl)c(Cl)nn1. The van der Waals surface area contributed by atoms with Crippen molar-refractivity contribution in [3.63, 3.8) is 0 Å². The molecule has 1 aliphatic rings. The summed E-state index contributed by atoms with van der Waals surface area (Å²) in [5, 5.41) is 8.73. The third-order valence-electron chi connectivity index (χ3n) is 3.29. The summed E-state index contributed by atoms with van der Waals surface area (Å²) in [6.45, 7) is 5.65. The van der Waals surface area contributed by atoms with Gasteiger partial charge in [-0.15, -0.1) is 5.10 Å². The van der Waals surface area contributed by atoms with Crippen LogP contribution in [0.4, 0.5) is 0 Å². The Kier molecular flexibility index (Phi) is 4.23. The first kappa shape index (κ1) is 13.1. The summed E-state index contributed by atoms with van der Waals surface area (Å²) in [5.41, 5.74) is 0.928. The summed E-state index contributed by atoms with van der Waals surface area (Å²) in [5.74, 6) is 0. The minimum atomic E-state index is 0.280. The van der Waals surface area contributed by atoms with Gasteiger partial charge in [0.2, 0.25) is 0 Å². The second kappa shape index (κ2) is 5.51. The van der Waals surface area contributed by atoms with Crippen LogP contribution in [0.2, 0.25) is 10.2 Å². The lowest BCUT2D eigenvalue weighted by Crippen LogP contribution is -2.36. The third-order valence-corrected chi connectivity index (χ3v) is 3.95. The van der Waals surface area contributed by atoms with E-state index in [2.05, 4.69) is 28.9 Å². The summed E-state index contributed by atoms with van der Waals surface area (Å²) in [6.07, 6.45) is 3.39. The maximum absolute atomic E-state index is 5.95. The third kappa shape index (κ3) is 3.09. The highest BCUT2D eigenvalue weighted by Crippen LogP contribution is 2.24. The first-order valence-electron chi connectivity index (χ1n) is 6.01. The van der Waals surface area contributed by atoms with Crippen LogP contribution in [0.15, 0.2) is 6.07 Å². The van der Waals surface area contributed by atoms with Crippen LogP contribution >= 0.6 is 23.2 Å². The fourth-order valence-corrected chi connectivity index (χ4v) is 2.74. The maximum Gasteiger partial charge on any atom is 0.170 e. The summed E-state index contributed by atoms with van der Waals surface area (Å²) in [7, 11) is 0. The molecule has 0 aromatic carbocycles. The highest BCUT2D eigenvalue weighted by Gasteiger charge is 2.27. The Morgan fingerprint density at radius 3 is 2.82 bits per heavy atom. The average Bonchev–Trinajstić information content (AvgIpc) is 2.72. The molecule has 1 unspecified atom stereocenters. The van der Waals surface area contributed by atoms with Gasteiger partial charge in [-0.1, -0.05) is 23.2 Å². The topological polar surface area (TPSA) is 29.0 Å². The molecule has 1 aliphatic heterocycles. The minimum Gasteiger partial charge on any atom is -0.298 e. The fraction of sp³-hybridized carbons (Fsp3) is 0.667. The molecule has 0 bridgehead atoms. The Balaban J connectivity index is 2.07. The molecule has 3 nitrogen and oxygen atoms in total. The molecule has 0 N–H and O–H groups in total. The van der Waals surface area contributed by atoms with E-state index in [-0.39, 0.29) is 5.15 Å². The van der Waals surface area contributed by atoms with Gasteiger partial charge >= 0.3 is 0 Å². The normalized spacial score (nSPS) is 21.4. The van der Waals surface area contributed by atoms with Crippen LogP contribution < -0.4 is 0 Å². The highest BCUT2D eigenvalue weighted by molar-refractivity contribution is 6.41. The Labute approximate surface area is 112 Å². The van der Waals surface area contributed by atoms with Gasteiger partial charge in [-0.25, -0.2) is 0 Å². The summed E-state index contributed by atoms with van der Waals surface area (Å²) < 4.78 is 0.